The van der Waals surface area contributed by atoms with Crippen LogP contribution in [0.2, 0.25) is 5.15 Å². The predicted molar refractivity (Wildman–Crippen MR) is 527 cm³/mol. The molecule has 0 saturated heterocycles. The lowest BCUT2D eigenvalue weighted by Crippen LogP contribution is -2.17. The molecule has 7 N–H and O–H groups in total. The number of aromatic nitrogens is 23. The van der Waals surface area contributed by atoms with Gasteiger partial charge in [0.25, 0.3) is 41.4 Å². The van der Waals surface area contributed by atoms with Crippen LogP contribution in [0.4, 0.5) is 0 Å². The van der Waals surface area contributed by atoms with Crippen LogP contribution in [0.5, 0.6) is 0 Å². The number of hydrogen-bond donors (Lipinski definition) is 7. The van der Waals surface area contributed by atoms with E-state index < -0.39 is 88.7 Å². The molecule has 7 unspecified atom stereocenters. The molecule has 1 fully saturated rings. The number of rotatable bonds is 12. The van der Waals surface area contributed by atoms with Crippen molar-refractivity contribution in [2.24, 2.45) is 0 Å². The Morgan fingerprint density at radius 1 is 0.319 bits per heavy atom. The van der Waals surface area contributed by atoms with Gasteiger partial charge in [-0.2, -0.15) is 35.7 Å². The number of carbonyl (C=O) groups excluding carboxylic acids is 7. The molecule has 1 aromatic carbocycles. The van der Waals surface area contributed by atoms with Gasteiger partial charge in [-0.3, -0.25) is 102 Å². The lowest BCUT2D eigenvalue weighted by Gasteiger charge is -2.12. The maximum atomic E-state index is 11.9. The average molecular weight is 2110 g/mol. The van der Waals surface area contributed by atoms with Crippen LogP contribution in [0.25, 0.3) is 151 Å². The van der Waals surface area contributed by atoms with Crippen molar-refractivity contribution in [1.82, 2.24) is 146 Å². The van der Waals surface area contributed by atoms with E-state index in [0.717, 1.165) is 100 Å². The number of nitrogens with one attached hydrogen (secondary N) is 7. The largest absolute Gasteiger partial charge is 0.377 e. The standard InChI is InChI=1S/C17H13N5O2S.C15H10N4O2S.C14H9N5O2S.C14H12N4O3S.C9H5BrN4O2S.C9H5ClN4O2S.C9H6N4O2S/c23-16-6-17(25(24)21-16)22-15-9-19-14(5-12(15)8-20-22)11-3-4-13(18-7-11)10-1-2-10;20-14-7-15(22(21)18-14)19-13-9-16-12(6-11(13)8-17-19)10-4-2-1-3-5-10;20-13-5-14(22(21)18-13)19-12-8-16-11(4-10(12)7-17-19)9-2-1-3-15-6-9;19-13-6-14(22(20)17-13)18-12-8-15-11(5-10(12)7-16-18)9-1-3-21-4-2-9;2*10-7-1-5-3-12-14(6(5)4-11-7)9-2-8(15)13-17(9)16;14-8-3-9(16(15)12-8)13-7-5-10-2-1-6(7)4-11-13/h3-10H,1-2H2,(H,21,23);1-9H,(H,18,20);1-8H,(H,18,20);1,5-8H,2-4H2,(H,17,19);2*1-4H,(H,13,15);1-5H,(H,12,14). The Kier molecular flexibility index (Phi) is 26.1. The van der Waals surface area contributed by atoms with Crippen molar-refractivity contribution in [2.75, 3.05) is 13.2 Å². The van der Waals surface area contributed by atoms with Gasteiger partial charge in [-0.1, -0.05) is 48.0 Å². The van der Waals surface area contributed by atoms with E-state index in [9.17, 15) is 63.0 Å². The zero-order valence-corrected chi connectivity index (χ0v) is 79.4. The molecule has 7 amide bonds. The third kappa shape index (κ3) is 19.8. The van der Waals surface area contributed by atoms with Gasteiger partial charge in [-0.05, 0) is 107 Å². The van der Waals surface area contributed by atoms with Crippen LogP contribution >= 0.6 is 27.5 Å². The molecule has 17 aromatic rings. The highest BCUT2D eigenvalue weighted by atomic mass is 79.9. The predicted octanol–water partition coefficient (Wildman–Crippen LogP) is 7.05. The van der Waals surface area contributed by atoms with Crippen molar-refractivity contribution in [3.05, 3.63) is 278 Å². The van der Waals surface area contributed by atoms with Crippen molar-refractivity contribution >= 4 is 263 Å². The highest BCUT2D eigenvalue weighted by Gasteiger charge is 2.32. The molecule has 0 radical (unpaired) electrons. The second-order valence-corrected chi connectivity index (χ2v) is 39.7. The fourth-order valence-corrected chi connectivity index (χ4v) is 21.2. The second kappa shape index (κ2) is 39.7. The lowest BCUT2D eigenvalue weighted by molar-refractivity contribution is -0.115. The fourth-order valence-electron chi connectivity index (χ4n) is 14.7. The van der Waals surface area contributed by atoms with Crippen LogP contribution < -0.4 is 33.1 Å². The smallest absolute Gasteiger partial charge is 0.258 e. The first kappa shape index (κ1) is 92.5. The summed E-state index contributed by atoms with van der Waals surface area (Å²) < 4.78 is 115. The van der Waals surface area contributed by atoms with Crippen molar-refractivity contribution in [1.29, 1.82) is 0 Å². The van der Waals surface area contributed by atoms with Gasteiger partial charge < -0.3 is 4.74 Å². The number of fused-ring (bicyclic) bond motifs is 7. The van der Waals surface area contributed by atoms with E-state index >= 15 is 0 Å². The van der Waals surface area contributed by atoms with Crippen molar-refractivity contribution in [3.8, 4) is 33.8 Å². The molecule has 16 aromatic heterocycles. The summed E-state index contributed by atoms with van der Waals surface area (Å²) in [6.07, 6.45) is 44.1. The summed E-state index contributed by atoms with van der Waals surface area (Å²) in [5, 5.41) is 37.6. The third-order valence-electron chi connectivity index (χ3n) is 21.4. The number of nitrogens with zero attached hydrogens (tertiary/aromatic N) is 23. The molecule has 1 saturated carbocycles. The van der Waals surface area contributed by atoms with E-state index in [1.54, 1.807) is 117 Å². The molecule has 704 valence electrons. The SMILES string of the molecule is O=C1C=C(n2ncc3cc(-c4ccc(C5CC5)nc4)ncc32)S(=O)N1.O=C1C=C(n2ncc3cc(-c4ccccc4)ncc32)S(=O)N1.O=C1C=C(n2ncc3cc(-c4cccnc4)ncc32)S(=O)N1.O=C1C=C(n2ncc3cc(Br)ncc32)S(=O)N1.O=C1C=C(n2ncc3cc(C4=CCOCC4)ncc32)S(=O)N1.O=C1C=C(n2ncc3cc(Cl)ncc32)S(=O)N1.O=C1C=C(n2ncc3ccncc32)S(=O)N1. The fraction of sp³-hybridized carbons (Fsp3) is 0.0690. The van der Waals surface area contributed by atoms with Crippen LogP contribution in [-0.2, 0) is 115 Å². The highest BCUT2D eigenvalue weighted by molar-refractivity contribution is 9.10. The maximum absolute atomic E-state index is 11.9. The Bertz CT molecular complexity index is 8340. The summed E-state index contributed by atoms with van der Waals surface area (Å²) in [5.41, 5.74) is 13.3. The number of halogens is 2. The summed E-state index contributed by atoms with van der Waals surface area (Å²) in [4.78, 5) is 117. The quantitative estimate of drug-likeness (QED) is 0.0602. The van der Waals surface area contributed by atoms with Crippen molar-refractivity contribution < 1.29 is 67.8 Å². The first-order chi connectivity index (χ1) is 68.4. The number of benzene rings is 1. The number of ether oxygens (including phenoxy) is 1. The van der Waals surface area contributed by atoms with Gasteiger partial charge in [0.05, 0.1) is 161 Å². The molecule has 9 aliphatic rings. The Morgan fingerprint density at radius 3 is 1.01 bits per heavy atom. The zero-order valence-electron chi connectivity index (χ0n) is 71.4. The molecular formula is C87H60BrClN30O15S7. The molecule has 7 atom stereocenters. The first-order valence-electron chi connectivity index (χ1n) is 41.3. The molecular weight excluding hydrogens is 2040 g/mol. The Hall–Kier alpha value is -16.2. The van der Waals surface area contributed by atoms with Crippen LogP contribution in [0.15, 0.2) is 262 Å². The van der Waals surface area contributed by atoms with Gasteiger partial charge in [0.15, 0.2) is 112 Å². The summed E-state index contributed by atoms with van der Waals surface area (Å²) in [5.74, 6) is -2.07. The molecule has 54 heteroatoms. The van der Waals surface area contributed by atoms with Crippen LogP contribution in [-0.4, -0.2) is 197 Å². The Labute approximate surface area is 821 Å². The molecule has 0 bridgehead atoms. The highest BCUT2D eigenvalue weighted by Crippen LogP contribution is 2.40. The number of hydrogen-bond acceptors (Lipinski definition) is 31. The van der Waals surface area contributed by atoms with Gasteiger partial charge in [-0.25, -0.2) is 72.2 Å². The minimum absolute atomic E-state index is 0.286. The molecule has 24 heterocycles. The van der Waals surface area contributed by atoms with Gasteiger partial charge in [0.1, 0.15) is 9.76 Å². The number of carbonyl (C=O) groups is 7. The first-order valence-corrected chi connectivity index (χ1v) is 50.6. The van der Waals surface area contributed by atoms with Crippen molar-refractivity contribution in [2.45, 2.75) is 25.2 Å². The van der Waals surface area contributed by atoms with E-state index in [0.29, 0.717) is 92.2 Å². The summed E-state index contributed by atoms with van der Waals surface area (Å²) >= 11 is 9.01. The summed E-state index contributed by atoms with van der Waals surface area (Å²) in [7, 11) is -11.0. The Morgan fingerprint density at radius 2 is 0.652 bits per heavy atom. The van der Waals surface area contributed by atoms with Gasteiger partial charge in [-0.15, -0.1) is 0 Å². The molecule has 0 spiro atoms. The van der Waals surface area contributed by atoms with Crippen LogP contribution in [0, 0.1) is 0 Å². The van der Waals surface area contributed by atoms with E-state index in [4.69, 9.17) is 16.3 Å². The lowest BCUT2D eigenvalue weighted by atomic mass is 10.1. The van der Waals surface area contributed by atoms with Gasteiger partial charge in [0.2, 0.25) is 0 Å². The van der Waals surface area contributed by atoms with E-state index in [-0.39, 0.29) is 34.6 Å². The summed E-state index contributed by atoms with van der Waals surface area (Å²) in [6.45, 7) is 1.30. The van der Waals surface area contributed by atoms with Crippen LogP contribution in [0.1, 0.15) is 36.6 Å². The molecule has 45 nitrogen and oxygen atoms in total. The molecule has 1 aliphatic carbocycles. The minimum Gasteiger partial charge on any atom is -0.377 e. The topological polar surface area (TPSA) is 573 Å². The minimum atomic E-state index is -1.59. The van der Waals surface area contributed by atoms with Crippen molar-refractivity contribution in [3.63, 3.8) is 0 Å². The van der Waals surface area contributed by atoms with Gasteiger partial charge >= 0.3 is 0 Å². The summed E-state index contributed by atoms with van der Waals surface area (Å²) in [6, 6.07) is 30.6. The number of pyridine rings is 9. The molecule has 26 rings (SSSR count). The normalized spacial score (nSPS) is 19.3. The average Bonchev–Trinajstić information content (AvgIpc) is 1.65. The Balaban J connectivity index is 0.000000101. The van der Waals surface area contributed by atoms with Crippen LogP contribution in [0.3, 0.4) is 0 Å². The second-order valence-electron chi connectivity index (χ2n) is 30.4. The van der Waals surface area contributed by atoms with Gasteiger partial charge in [0, 0.05) is 133 Å². The van der Waals surface area contributed by atoms with E-state index in [1.807, 2.05) is 85.1 Å². The third-order valence-corrected chi connectivity index (χ3v) is 29.4. The zero-order chi connectivity index (χ0) is 97.4. The molecule has 8 aliphatic heterocycles. The monoisotopic (exact) mass is 2100 g/mol. The number of amides is 7. The van der Waals surface area contributed by atoms with E-state index in [2.05, 4.69) is 136 Å². The molecule has 141 heavy (non-hydrogen) atoms. The van der Waals surface area contributed by atoms with E-state index in [1.165, 1.54) is 94.3 Å². The maximum Gasteiger partial charge on any atom is 0.258 e.